The fraction of sp³-hybridized carbons (Fsp3) is 0.857. The number of carbonyl (C=O) groups excluding carboxylic acids is 2. The van der Waals surface area contributed by atoms with Crippen molar-refractivity contribution in [3.05, 3.63) is 0 Å². The van der Waals surface area contributed by atoms with Gasteiger partial charge in [0.05, 0.1) is 0 Å². The van der Waals surface area contributed by atoms with E-state index in [1.165, 1.54) is 0 Å². The monoisotopic (exact) mass is 305 g/mol. The first-order valence-corrected chi connectivity index (χ1v) is 7.40. The van der Waals surface area contributed by atoms with Crippen LogP contribution in [0.5, 0.6) is 0 Å². The molecule has 0 radical (unpaired) electrons. The normalized spacial score (nSPS) is 16.9. The van der Waals surface area contributed by atoms with Crippen LogP contribution in [-0.2, 0) is 9.59 Å². The summed E-state index contributed by atoms with van der Waals surface area (Å²) in [6.07, 6.45) is 4.91. The van der Waals surface area contributed by atoms with Crippen LogP contribution in [0, 0.1) is 0 Å². The average molecular weight is 306 g/mol. The van der Waals surface area contributed by atoms with Crippen LogP contribution in [0.15, 0.2) is 0 Å². The molecule has 0 aliphatic heterocycles. The molecule has 0 aromatic carbocycles. The van der Waals surface area contributed by atoms with Gasteiger partial charge < -0.3 is 16.0 Å². The van der Waals surface area contributed by atoms with E-state index in [2.05, 4.69) is 5.32 Å². The van der Waals surface area contributed by atoms with Crippen LogP contribution in [0.1, 0.15) is 52.4 Å². The third kappa shape index (κ3) is 4.63. The molecule has 0 spiro atoms. The maximum Gasteiger partial charge on any atom is 0.248 e. The zero-order valence-corrected chi connectivity index (χ0v) is 13.4. The maximum absolute atomic E-state index is 12.7. The standard InChI is InChI=1S/C14H27N3O2.ClH/c1-3-17(4-2)13(19)14(9-6-5-7-10-14)16-12(18)8-11-15;/h3-11,15H2,1-2H3,(H,16,18);1H. The number of nitrogens with zero attached hydrogens (tertiary/aromatic N) is 1. The van der Waals surface area contributed by atoms with Crippen molar-refractivity contribution >= 4 is 24.2 Å². The lowest BCUT2D eigenvalue weighted by atomic mass is 9.80. The van der Waals surface area contributed by atoms with E-state index in [9.17, 15) is 9.59 Å². The smallest absolute Gasteiger partial charge is 0.248 e. The van der Waals surface area contributed by atoms with Gasteiger partial charge in [-0.25, -0.2) is 0 Å². The minimum Gasteiger partial charge on any atom is -0.342 e. The molecule has 0 saturated heterocycles. The highest BCUT2D eigenvalue weighted by molar-refractivity contribution is 5.91. The summed E-state index contributed by atoms with van der Waals surface area (Å²) in [6, 6.07) is 0. The van der Waals surface area contributed by atoms with Crippen LogP contribution in [-0.4, -0.2) is 41.9 Å². The van der Waals surface area contributed by atoms with E-state index in [0.29, 0.717) is 19.6 Å². The molecule has 118 valence electrons. The van der Waals surface area contributed by atoms with E-state index in [1.807, 2.05) is 18.7 Å². The Labute approximate surface area is 128 Å². The van der Waals surface area contributed by atoms with Crippen molar-refractivity contribution in [3.63, 3.8) is 0 Å². The van der Waals surface area contributed by atoms with Crippen molar-refractivity contribution in [1.82, 2.24) is 10.2 Å². The topological polar surface area (TPSA) is 75.4 Å². The van der Waals surface area contributed by atoms with Gasteiger partial charge in [0.15, 0.2) is 0 Å². The number of hydrogen-bond acceptors (Lipinski definition) is 3. The van der Waals surface area contributed by atoms with E-state index in [1.54, 1.807) is 0 Å². The third-order valence-electron chi connectivity index (χ3n) is 3.92. The first kappa shape index (κ1) is 19.2. The summed E-state index contributed by atoms with van der Waals surface area (Å²) in [7, 11) is 0. The van der Waals surface area contributed by atoms with Gasteiger partial charge in [0.25, 0.3) is 0 Å². The van der Waals surface area contributed by atoms with Crippen LogP contribution in [0.25, 0.3) is 0 Å². The molecule has 1 saturated carbocycles. The lowest BCUT2D eigenvalue weighted by molar-refractivity contribution is -0.143. The Balaban J connectivity index is 0.00000361. The second kappa shape index (κ2) is 9.19. The fourth-order valence-electron chi connectivity index (χ4n) is 2.82. The molecule has 0 heterocycles. The van der Waals surface area contributed by atoms with Crippen molar-refractivity contribution in [3.8, 4) is 0 Å². The molecule has 1 rings (SSSR count). The lowest BCUT2D eigenvalue weighted by Crippen LogP contribution is -2.60. The van der Waals surface area contributed by atoms with Crippen LogP contribution >= 0.6 is 12.4 Å². The Kier molecular flexibility index (Phi) is 8.81. The van der Waals surface area contributed by atoms with Gasteiger partial charge in [0, 0.05) is 26.1 Å². The number of amides is 2. The van der Waals surface area contributed by atoms with Gasteiger partial charge in [-0.1, -0.05) is 19.3 Å². The number of rotatable bonds is 6. The fourth-order valence-corrected chi connectivity index (χ4v) is 2.82. The quantitative estimate of drug-likeness (QED) is 0.780. The second-order valence-electron chi connectivity index (χ2n) is 5.21. The molecular formula is C14H28ClN3O2. The molecule has 0 bridgehead atoms. The number of hydrogen-bond donors (Lipinski definition) is 2. The number of carbonyl (C=O) groups is 2. The summed E-state index contributed by atoms with van der Waals surface area (Å²) in [4.78, 5) is 26.4. The van der Waals surface area contributed by atoms with Gasteiger partial charge in [-0.15, -0.1) is 12.4 Å². The van der Waals surface area contributed by atoms with Crippen LogP contribution in [0.2, 0.25) is 0 Å². The van der Waals surface area contributed by atoms with Crippen molar-refractivity contribution < 1.29 is 9.59 Å². The van der Waals surface area contributed by atoms with Gasteiger partial charge >= 0.3 is 0 Å². The molecule has 0 aromatic rings. The minimum atomic E-state index is -0.684. The van der Waals surface area contributed by atoms with Gasteiger partial charge in [-0.05, 0) is 26.7 Å². The lowest BCUT2D eigenvalue weighted by Gasteiger charge is -2.40. The van der Waals surface area contributed by atoms with Crippen molar-refractivity contribution in [2.24, 2.45) is 5.73 Å². The largest absolute Gasteiger partial charge is 0.342 e. The molecule has 1 fully saturated rings. The van der Waals surface area contributed by atoms with E-state index in [-0.39, 0.29) is 30.6 Å². The molecule has 20 heavy (non-hydrogen) atoms. The zero-order chi connectivity index (χ0) is 14.3. The van der Waals surface area contributed by atoms with Crippen molar-refractivity contribution in [1.29, 1.82) is 0 Å². The van der Waals surface area contributed by atoms with Crippen LogP contribution in [0.4, 0.5) is 0 Å². The SMILES string of the molecule is CCN(CC)C(=O)C1(NC(=O)CCN)CCCCC1.Cl. The summed E-state index contributed by atoms with van der Waals surface area (Å²) < 4.78 is 0. The first-order chi connectivity index (χ1) is 9.09. The summed E-state index contributed by atoms with van der Waals surface area (Å²) in [6.45, 7) is 5.63. The number of halogens is 1. The van der Waals surface area contributed by atoms with Gasteiger partial charge in [0.1, 0.15) is 5.54 Å². The summed E-state index contributed by atoms with van der Waals surface area (Å²) in [5.74, 6) is -0.0347. The molecule has 1 aliphatic rings. The predicted molar refractivity (Wildman–Crippen MR) is 82.8 cm³/mol. The predicted octanol–water partition coefficient (Wildman–Crippen LogP) is 1.44. The second-order valence-corrected chi connectivity index (χ2v) is 5.21. The van der Waals surface area contributed by atoms with E-state index in [4.69, 9.17) is 5.73 Å². The van der Waals surface area contributed by atoms with E-state index in [0.717, 1.165) is 32.1 Å². The van der Waals surface area contributed by atoms with Gasteiger partial charge in [0.2, 0.25) is 11.8 Å². The minimum absolute atomic E-state index is 0. The maximum atomic E-state index is 12.7. The third-order valence-corrected chi connectivity index (χ3v) is 3.92. The highest BCUT2D eigenvalue weighted by atomic mass is 35.5. The molecule has 5 nitrogen and oxygen atoms in total. The molecule has 2 amide bonds. The molecule has 6 heteroatoms. The summed E-state index contributed by atoms with van der Waals surface area (Å²) >= 11 is 0. The highest BCUT2D eigenvalue weighted by Gasteiger charge is 2.42. The molecular weight excluding hydrogens is 278 g/mol. The number of nitrogens with one attached hydrogen (secondary N) is 1. The Morgan fingerprint density at radius 3 is 2.15 bits per heavy atom. The Morgan fingerprint density at radius 1 is 1.15 bits per heavy atom. The molecule has 0 unspecified atom stereocenters. The number of nitrogens with two attached hydrogens (primary N) is 1. The average Bonchev–Trinajstić information content (AvgIpc) is 2.41. The van der Waals surface area contributed by atoms with Gasteiger partial charge in [-0.3, -0.25) is 9.59 Å². The summed E-state index contributed by atoms with van der Waals surface area (Å²) in [5, 5.41) is 2.97. The molecule has 3 N–H and O–H groups in total. The Bertz CT molecular complexity index is 314. The first-order valence-electron chi connectivity index (χ1n) is 7.40. The Morgan fingerprint density at radius 2 is 1.70 bits per heavy atom. The molecule has 0 atom stereocenters. The van der Waals surface area contributed by atoms with Gasteiger partial charge in [-0.2, -0.15) is 0 Å². The summed E-state index contributed by atoms with van der Waals surface area (Å²) in [5.41, 5.74) is 4.73. The Hall–Kier alpha value is -0.810. The van der Waals surface area contributed by atoms with E-state index >= 15 is 0 Å². The van der Waals surface area contributed by atoms with E-state index < -0.39 is 5.54 Å². The zero-order valence-electron chi connectivity index (χ0n) is 12.6. The molecule has 0 aromatic heterocycles. The van der Waals surface area contributed by atoms with Crippen molar-refractivity contribution in [2.45, 2.75) is 57.9 Å². The van der Waals surface area contributed by atoms with Crippen LogP contribution < -0.4 is 11.1 Å². The number of likely N-dealkylation sites (N-methyl/N-ethyl adjacent to an activating group) is 1. The molecule has 1 aliphatic carbocycles. The highest BCUT2D eigenvalue weighted by Crippen LogP contribution is 2.30. The van der Waals surface area contributed by atoms with Crippen molar-refractivity contribution in [2.75, 3.05) is 19.6 Å². The van der Waals surface area contributed by atoms with Crippen LogP contribution in [0.3, 0.4) is 0 Å².